The summed E-state index contributed by atoms with van der Waals surface area (Å²) in [5, 5.41) is 3.79. The number of aromatic nitrogens is 1. The highest BCUT2D eigenvalue weighted by molar-refractivity contribution is 5.95. The number of benzene rings is 2. The molecule has 1 unspecified atom stereocenters. The molecule has 1 aromatic heterocycles. The maximum Gasteiger partial charge on any atom is 0.254 e. The number of nitrogens with one attached hydrogen (secondary N) is 2. The van der Waals surface area contributed by atoms with Gasteiger partial charge in [-0.15, -0.1) is 0 Å². The molecule has 0 spiro atoms. The molecule has 6 heteroatoms. The van der Waals surface area contributed by atoms with Crippen molar-refractivity contribution in [1.29, 1.82) is 0 Å². The van der Waals surface area contributed by atoms with Crippen LogP contribution in [0.15, 0.2) is 36.4 Å². The van der Waals surface area contributed by atoms with E-state index < -0.39 is 28.9 Å². The van der Waals surface area contributed by atoms with E-state index in [4.69, 9.17) is 0 Å². The van der Waals surface area contributed by atoms with Crippen LogP contribution in [0.2, 0.25) is 0 Å². The standard InChI is InChI=1S/C18H13F3N2O/c19-13-6-5-11(16(20)17(13)21)18(24)22-9-7-12-10-3-1-2-4-14(10)23-15(12)8-9/h1-6,9,23H,7-8H2,(H,22,24). The summed E-state index contributed by atoms with van der Waals surface area (Å²) >= 11 is 0. The molecule has 0 saturated carbocycles. The van der Waals surface area contributed by atoms with Crippen molar-refractivity contribution in [3.05, 3.63) is 70.7 Å². The number of hydrogen-bond acceptors (Lipinski definition) is 1. The number of fused-ring (bicyclic) bond motifs is 3. The number of carbonyl (C=O) groups is 1. The van der Waals surface area contributed by atoms with Crippen LogP contribution < -0.4 is 5.32 Å². The number of carbonyl (C=O) groups excluding carboxylic acids is 1. The fourth-order valence-corrected chi connectivity index (χ4v) is 3.29. The number of amides is 1. The third-order valence-corrected chi connectivity index (χ3v) is 4.42. The van der Waals surface area contributed by atoms with Crippen molar-refractivity contribution in [3.8, 4) is 0 Å². The lowest BCUT2D eigenvalue weighted by molar-refractivity contribution is 0.0933. The van der Waals surface area contributed by atoms with E-state index in [1.54, 1.807) is 0 Å². The van der Waals surface area contributed by atoms with Gasteiger partial charge >= 0.3 is 0 Å². The molecule has 24 heavy (non-hydrogen) atoms. The third-order valence-electron chi connectivity index (χ3n) is 4.42. The molecule has 122 valence electrons. The predicted octanol–water partition coefficient (Wildman–Crippen LogP) is 3.48. The second-order valence-electron chi connectivity index (χ2n) is 5.93. The van der Waals surface area contributed by atoms with Crippen LogP contribution in [-0.2, 0) is 12.8 Å². The molecule has 3 nitrogen and oxygen atoms in total. The largest absolute Gasteiger partial charge is 0.358 e. The van der Waals surface area contributed by atoms with Gasteiger partial charge in [0, 0.05) is 29.1 Å². The van der Waals surface area contributed by atoms with E-state index >= 15 is 0 Å². The molecule has 2 N–H and O–H groups in total. The van der Waals surface area contributed by atoms with E-state index in [0.29, 0.717) is 12.8 Å². The quantitative estimate of drug-likeness (QED) is 0.694. The van der Waals surface area contributed by atoms with Gasteiger partial charge in [-0.1, -0.05) is 18.2 Å². The molecule has 0 radical (unpaired) electrons. The van der Waals surface area contributed by atoms with Gasteiger partial charge in [0.15, 0.2) is 17.5 Å². The zero-order valence-electron chi connectivity index (χ0n) is 12.5. The first-order valence-corrected chi connectivity index (χ1v) is 7.57. The van der Waals surface area contributed by atoms with Gasteiger partial charge in [0.25, 0.3) is 5.91 Å². The van der Waals surface area contributed by atoms with Crippen molar-refractivity contribution in [1.82, 2.24) is 10.3 Å². The lowest BCUT2D eigenvalue weighted by atomic mass is 10.1. The van der Waals surface area contributed by atoms with Crippen molar-refractivity contribution in [2.45, 2.75) is 18.9 Å². The maximum absolute atomic E-state index is 13.7. The number of H-pyrrole nitrogens is 1. The summed E-state index contributed by atoms with van der Waals surface area (Å²) in [6.07, 6.45) is 1.19. The van der Waals surface area contributed by atoms with Gasteiger partial charge in [0.1, 0.15) is 0 Å². The van der Waals surface area contributed by atoms with Gasteiger partial charge in [-0.3, -0.25) is 4.79 Å². The van der Waals surface area contributed by atoms with Crippen LogP contribution in [0.1, 0.15) is 21.6 Å². The van der Waals surface area contributed by atoms with Crippen LogP contribution >= 0.6 is 0 Å². The SMILES string of the molecule is O=C(NC1Cc2[nH]c3ccccc3c2C1)c1ccc(F)c(F)c1F. The molecule has 1 aliphatic rings. The Bertz CT molecular complexity index is 964. The monoisotopic (exact) mass is 330 g/mol. The molecule has 0 bridgehead atoms. The van der Waals surface area contributed by atoms with Crippen LogP contribution in [0, 0.1) is 17.5 Å². The highest BCUT2D eigenvalue weighted by atomic mass is 19.2. The zero-order valence-corrected chi connectivity index (χ0v) is 12.5. The van der Waals surface area contributed by atoms with Gasteiger partial charge in [-0.2, -0.15) is 0 Å². The van der Waals surface area contributed by atoms with Crippen LogP contribution in [0.25, 0.3) is 10.9 Å². The Morgan fingerprint density at radius 2 is 1.83 bits per heavy atom. The van der Waals surface area contributed by atoms with Gasteiger partial charge in [0.05, 0.1) is 5.56 Å². The molecule has 2 aromatic carbocycles. The van der Waals surface area contributed by atoms with Gasteiger partial charge in [0.2, 0.25) is 0 Å². The van der Waals surface area contributed by atoms with Gasteiger partial charge in [-0.25, -0.2) is 13.2 Å². The molecule has 1 amide bonds. The summed E-state index contributed by atoms with van der Waals surface area (Å²) in [4.78, 5) is 15.5. The first kappa shape index (κ1) is 14.8. The highest BCUT2D eigenvalue weighted by Gasteiger charge is 2.28. The summed E-state index contributed by atoms with van der Waals surface area (Å²) in [5.41, 5.74) is 2.71. The molecule has 3 aromatic rings. The average molecular weight is 330 g/mol. The lowest BCUT2D eigenvalue weighted by Crippen LogP contribution is -2.36. The van der Waals surface area contributed by atoms with Crippen LogP contribution in [0.4, 0.5) is 13.2 Å². The van der Waals surface area contributed by atoms with E-state index in [1.807, 2.05) is 24.3 Å². The van der Waals surface area contributed by atoms with Crippen LogP contribution in [-0.4, -0.2) is 16.9 Å². The molecule has 0 saturated heterocycles. The fourth-order valence-electron chi connectivity index (χ4n) is 3.29. The Labute approximate surface area is 135 Å². The summed E-state index contributed by atoms with van der Waals surface area (Å²) in [7, 11) is 0. The normalized spacial score (nSPS) is 16.4. The van der Waals surface area contributed by atoms with E-state index in [-0.39, 0.29) is 6.04 Å². The van der Waals surface area contributed by atoms with Crippen molar-refractivity contribution >= 4 is 16.8 Å². The molecule has 1 atom stereocenters. The molecule has 1 aliphatic carbocycles. The van der Waals surface area contributed by atoms with E-state index in [0.717, 1.165) is 34.3 Å². The second kappa shape index (κ2) is 5.40. The Kier molecular flexibility index (Phi) is 3.33. The van der Waals surface area contributed by atoms with E-state index in [2.05, 4.69) is 10.3 Å². The van der Waals surface area contributed by atoms with Crippen molar-refractivity contribution < 1.29 is 18.0 Å². The number of para-hydroxylation sites is 1. The molecule has 4 rings (SSSR count). The van der Waals surface area contributed by atoms with Crippen molar-refractivity contribution in [2.24, 2.45) is 0 Å². The number of rotatable bonds is 2. The predicted molar refractivity (Wildman–Crippen MR) is 83.3 cm³/mol. The molecule has 1 heterocycles. The van der Waals surface area contributed by atoms with E-state index in [9.17, 15) is 18.0 Å². The van der Waals surface area contributed by atoms with Crippen LogP contribution in [0.5, 0.6) is 0 Å². The Morgan fingerprint density at radius 1 is 1.04 bits per heavy atom. The average Bonchev–Trinajstić information content (AvgIpc) is 3.09. The molecular formula is C18H13F3N2O. The number of hydrogen-bond donors (Lipinski definition) is 2. The summed E-state index contributed by atoms with van der Waals surface area (Å²) < 4.78 is 39.9. The smallest absolute Gasteiger partial charge is 0.254 e. The van der Waals surface area contributed by atoms with Gasteiger partial charge < -0.3 is 10.3 Å². The molecule has 0 fully saturated rings. The van der Waals surface area contributed by atoms with E-state index in [1.165, 1.54) is 0 Å². The topological polar surface area (TPSA) is 44.9 Å². The van der Waals surface area contributed by atoms with Gasteiger partial charge in [-0.05, 0) is 30.2 Å². The molecule has 0 aliphatic heterocycles. The van der Waals surface area contributed by atoms with Crippen molar-refractivity contribution in [2.75, 3.05) is 0 Å². The summed E-state index contributed by atoms with van der Waals surface area (Å²) in [5.74, 6) is -5.16. The number of halogens is 3. The second-order valence-corrected chi connectivity index (χ2v) is 5.93. The fraction of sp³-hybridized carbons (Fsp3) is 0.167. The minimum Gasteiger partial charge on any atom is -0.358 e. The Balaban J connectivity index is 1.55. The Hall–Kier alpha value is -2.76. The zero-order chi connectivity index (χ0) is 16.8. The molecular weight excluding hydrogens is 317 g/mol. The lowest BCUT2D eigenvalue weighted by Gasteiger charge is -2.13. The first-order chi connectivity index (χ1) is 11.5. The minimum atomic E-state index is -1.63. The Morgan fingerprint density at radius 3 is 2.67 bits per heavy atom. The highest BCUT2D eigenvalue weighted by Crippen LogP contribution is 2.30. The maximum atomic E-state index is 13.7. The van der Waals surface area contributed by atoms with Crippen LogP contribution in [0.3, 0.4) is 0 Å². The first-order valence-electron chi connectivity index (χ1n) is 7.57. The summed E-state index contributed by atoms with van der Waals surface area (Å²) in [6.45, 7) is 0. The van der Waals surface area contributed by atoms with Crippen molar-refractivity contribution in [3.63, 3.8) is 0 Å². The number of aromatic amines is 1. The minimum absolute atomic E-state index is 0.212. The third kappa shape index (κ3) is 2.26. The summed E-state index contributed by atoms with van der Waals surface area (Å²) in [6, 6.07) is 9.36.